The van der Waals surface area contributed by atoms with Gasteiger partial charge in [0.2, 0.25) is 0 Å². The third kappa shape index (κ3) is 3.17. The number of thiophene rings is 1. The van der Waals surface area contributed by atoms with Crippen molar-refractivity contribution in [1.29, 1.82) is 0 Å². The van der Waals surface area contributed by atoms with Gasteiger partial charge in [0.15, 0.2) is 0 Å². The van der Waals surface area contributed by atoms with Crippen molar-refractivity contribution in [2.24, 2.45) is 0 Å². The zero-order valence-corrected chi connectivity index (χ0v) is 13.9. The van der Waals surface area contributed by atoms with Gasteiger partial charge in [-0.3, -0.25) is 0 Å². The lowest BCUT2D eigenvalue weighted by molar-refractivity contribution is 0.936. The van der Waals surface area contributed by atoms with E-state index in [4.69, 9.17) is 11.6 Å². The van der Waals surface area contributed by atoms with Crippen LogP contribution in [0.25, 0.3) is 0 Å². The van der Waals surface area contributed by atoms with E-state index >= 15 is 0 Å². The molecule has 0 saturated carbocycles. The van der Waals surface area contributed by atoms with Crippen LogP contribution in [0.2, 0.25) is 0 Å². The molecule has 0 radical (unpaired) electrons. The third-order valence-corrected chi connectivity index (χ3v) is 5.94. The largest absolute Gasteiger partial charge is 0.143 e. The lowest BCUT2D eigenvalue weighted by Gasteiger charge is -2.09. The number of aryl methyl sites for hydroxylation is 3. The molecule has 0 bridgehead atoms. The fourth-order valence-electron chi connectivity index (χ4n) is 1.87. The van der Waals surface area contributed by atoms with Crippen molar-refractivity contribution in [3.8, 4) is 0 Å². The lowest BCUT2D eigenvalue weighted by Crippen LogP contribution is -1.94. The molecular formula is C15H16BrClS. The molecule has 2 aromatic rings. The third-order valence-electron chi connectivity index (χ3n) is 3.17. The summed E-state index contributed by atoms with van der Waals surface area (Å²) in [5, 5.41) is 0.0575. The first kappa shape index (κ1) is 14.1. The van der Waals surface area contributed by atoms with Gasteiger partial charge in [-0.25, -0.2) is 0 Å². The van der Waals surface area contributed by atoms with Crippen molar-refractivity contribution in [1.82, 2.24) is 0 Å². The summed E-state index contributed by atoms with van der Waals surface area (Å²) >= 11 is 11.8. The summed E-state index contributed by atoms with van der Waals surface area (Å²) in [6.45, 7) is 6.39. The summed E-state index contributed by atoms with van der Waals surface area (Å²) in [5.41, 5.74) is 3.97. The van der Waals surface area contributed by atoms with E-state index in [0.717, 1.165) is 10.9 Å². The average Bonchev–Trinajstić information content (AvgIpc) is 2.65. The molecule has 1 unspecified atom stereocenters. The van der Waals surface area contributed by atoms with Gasteiger partial charge >= 0.3 is 0 Å². The van der Waals surface area contributed by atoms with Crippen LogP contribution in [0.15, 0.2) is 28.7 Å². The Kier molecular flexibility index (Phi) is 4.52. The highest BCUT2D eigenvalue weighted by Crippen LogP contribution is 2.35. The van der Waals surface area contributed by atoms with Crippen molar-refractivity contribution < 1.29 is 0 Å². The van der Waals surface area contributed by atoms with E-state index in [-0.39, 0.29) is 5.38 Å². The van der Waals surface area contributed by atoms with E-state index in [9.17, 15) is 0 Å². The van der Waals surface area contributed by atoms with Crippen LogP contribution in [-0.2, 0) is 6.42 Å². The highest BCUT2D eigenvalue weighted by atomic mass is 79.9. The van der Waals surface area contributed by atoms with Gasteiger partial charge in [-0.1, -0.05) is 18.2 Å². The lowest BCUT2D eigenvalue weighted by atomic mass is 10.0. The van der Waals surface area contributed by atoms with Crippen molar-refractivity contribution in [2.75, 3.05) is 0 Å². The first-order valence-corrected chi connectivity index (χ1v) is 7.98. The van der Waals surface area contributed by atoms with Gasteiger partial charge in [-0.2, -0.15) is 0 Å². The van der Waals surface area contributed by atoms with E-state index in [1.54, 1.807) is 11.3 Å². The van der Waals surface area contributed by atoms with Gasteiger partial charge in [0.05, 0.1) is 5.38 Å². The minimum atomic E-state index is 0.0575. The Labute approximate surface area is 126 Å². The Morgan fingerprint density at radius 3 is 2.44 bits per heavy atom. The topological polar surface area (TPSA) is 0 Å². The minimum absolute atomic E-state index is 0.0575. The van der Waals surface area contributed by atoms with E-state index < -0.39 is 0 Å². The van der Waals surface area contributed by atoms with E-state index in [2.05, 4.69) is 61.0 Å². The predicted octanol–water partition coefficient (Wildman–Crippen LogP) is 5.96. The standard InChI is InChI=1S/C15H16BrClS/c1-9-4-5-12(6-10(9)2)7-14(17)15-8-13(16)11(3)18-15/h4-6,8,14H,7H2,1-3H3. The van der Waals surface area contributed by atoms with Gasteiger partial charge in [0, 0.05) is 14.2 Å². The Morgan fingerprint density at radius 2 is 1.89 bits per heavy atom. The Hall–Kier alpha value is -0.310. The molecule has 0 N–H and O–H groups in total. The second-order valence-corrected chi connectivity index (χ2v) is 7.31. The quantitative estimate of drug-likeness (QED) is 0.603. The summed E-state index contributed by atoms with van der Waals surface area (Å²) in [6.07, 6.45) is 0.884. The Morgan fingerprint density at radius 1 is 1.17 bits per heavy atom. The smallest absolute Gasteiger partial charge is 0.0719 e. The van der Waals surface area contributed by atoms with Gasteiger partial charge in [-0.15, -0.1) is 22.9 Å². The maximum Gasteiger partial charge on any atom is 0.0719 e. The van der Waals surface area contributed by atoms with Crippen LogP contribution in [0.1, 0.15) is 31.8 Å². The Balaban J connectivity index is 2.15. The maximum absolute atomic E-state index is 6.51. The number of alkyl halides is 1. The fraction of sp³-hybridized carbons (Fsp3) is 0.333. The first-order valence-electron chi connectivity index (χ1n) is 5.93. The van der Waals surface area contributed by atoms with Gasteiger partial charge in [-0.05, 0) is 65.9 Å². The highest BCUT2D eigenvalue weighted by Gasteiger charge is 2.13. The molecular weight excluding hydrogens is 328 g/mol. The molecule has 0 fully saturated rings. The molecule has 0 amide bonds. The van der Waals surface area contributed by atoms with Crippen molar-refractivity contribution >= 4 is 38.9 Å². The summed E-state index contributed by atoms with van der Waals surface area (Å²) in [7, 11) is 0. The number of hydrogen-bond donors (Lipinski definition) is 0. The zero-order valence-electron chi connectivity index (χ0n) is 10.8. The van der Waals surface area contributed by atoms with Crippen molar-refractivity contribution in [2.45, 2.75) is 32.6 Å². The molecule has 2 rings (SSSR count). The molecule has 0 aliphatic carbocycles. The summed E-state index contributed by atoms with van der Waals surface area (Å²) in [6, 6.07) is 8.72. The predicted molar refractivity (Wildman–Crippen MR) is 85.0 cm³/mol. The van der Waals surface area contributed by atoms with Crippen molar-refractivity contribution in [3.05, 3.63) is 55.2 Å². The molecule has 0 nitrogen and oxygen atoms in total. The molecule has 96 valence electrons. The molecule has 1 heterocycles. The van der Waals surface area contributed by atoms with E-state index in [1.165, 1.54) is 26.4 Å². The molecule has 1 aromatic heterocycles. The van der Waals surface area contributed by atoms with Crippen LogP contribution < -0.4 is 0 Å². The summed E-state index contributed by atoms with van der Waals surface area (Å²) < 4.78 is 1.16. The SMILES string of the molecule is Cc1ccc(CC(Cl)c2cc(Br)c(C)s2)cc1C. The summed E-state index contributed by atoms with van der Waals surface area (Å²) in [4.78, 5) is 2.52. The van der Waals surface area contributed by atoms with Gasteiger partial charge < -0.3 is 0 Å². The normalized spacial score (nSPS) is 12.7. The van der Waals surface area contributed by atoms with Crippen LogP contribution in [0.4, 0.5) is 0 Å². The van der Waals surface area contributed by atoms with Crippen LogP contribution in [0.3, 0.4) is 0 Å². The number of halogens is 2. The number of rotatable bonds is 3. The van der Waals surface area contributed by atoms with Gasteiger partial charge in [0.1, 0.15) is 0 Å². The monoisotopic (exact) mass is 342 g/mol. The highest BCUT2D eigenvalue weighted by molar-refractivity contribution is 9.10. The molecule has 1 atom stereocenters. The molecule has 18 heavy (non-hydrogen) atoms. The molecule has 0 spiro atoms. The minimum Gasteiger partial charge on any atom is -0.143 e. The second-order valence-electron chi connectivity index (χ2n) is 4.64. The number of hydrogen-bond acceptors (Lipinski definition) is 1. The van der Waals surface area contributed by atoms with Crippen LogP contribution in [0.5, 0.6) is 0 Å². The second kappa shape index (κ2) is 5.77. The maximum atomic E-state index is 6.51. The molecule has 0 saturated heterocycles. The molecule has 1 aromatic carbocycles. The number of benzene rings is 1. The first-order chi connectivity index (χ1) is 8.47. The fourth-order valence-corrected chi connectivity index (χ4v) is 3.79. The van der Waals surface area contributed by atoms with Gasteiger partial charge in [0.25, 0.3) is 0 Å². The molecule has 3 heteroatoms. The molecule has 0 aliphatic heterocycles. The average molecular weight is 344 g/mol. The van der Waals surface area contributed by atoms with E-state index in [0.29, 0.717) is 0 Å². The van der Waals surface area contributed by atoms with Crippen LogP contribution >= 0.6 is 38.9 Å². The van der Waals surface area contributed by atoms with Crippen LogP contribution in [-0.4, -0.2) is 0 Å². The molecule has 0 aliphatic rings. The summed E-state index contributed by atoms with van der Waals surface area (Å²) in [5.74, 6) is 0. The van der Waals surface area contributed by atoms with Crippen LogP contribution in [0, 0.1) is 20.8 Å². The van der Waals surface area contributed by atoms with Crippen molar-refractivity contribution in [3.63, 3.8) is 0 Å². The Bertz CT molecular complexity index is 540. The zero-order chi connectivity index (χ0) is 13.3. The van der Waals surface area contributed by atoms with E-state index in [1.807, 2.05) is 0 Å².